The van der Waals surface area contributed by atoms with Crippen LogP contribution in [0, 0.1) is 0 Å². The van der Waals surface area contributed by atoms with E-state index in [4.69, 9.17) is 31.0 Å². The Labute approximate surface area is 143 Å². The Morgan fingerprint density at radius 3 is 2.75 bits per heavy atom. The third kappa shape index (κ3) is 4.48. The number of carbonyl (C=O) groups excluding carboxylic acids is 1. The molecule has 0 aliphatic carbocycles. The molecule has 0 unspecified atom stereocenters. The second-order valence-corrected chi connectivity index (χ2v) is 6.60. The van der Waals surface area contributed by atoms with Gasteiger partial charge in [0.2, 0.25) is 10.0 Å². The molecule has 0 spiro atoms. The highest BCUT2D eigenvalue weighted by Crippen LogP contribution is 2.29. The first-order chi connectivity index (χ1) is 11.3. The van der Waals surface area contributed by atoms with Gasteiger partial charge in [-0.15, -0.1) is 0 Å². The highest BCUT2D eigenvalue weighted by atomic mass is 35.5. The number of hydrogen-bond donors (Lipinski definition) is 3. The number of ether oxygens (including phenoxy) is 1. The fraction of sp³-hybridized carbons (Fsp3) is 0.214. The van der Waals surface area contributed by atoms with Crippen molar-refractivity contribution >= 4 is 33.3 Å². The minimum absolute atomic E-state index is 0.0802. The lowest BCUT2D eigenvalue weighted by molar-refractivity contribution is 0.0434. The topological polar surface area (TPSA) is 132 Å². The Morgan fingerprint density at radius 2 is 2.17 bits per heavy atom. The number of hydrogen-bond acceptors (Lipinski definition) is 7. The van der Waals surface area contributed by atoms with Crippen molar-refractivity contribution in [3.8, 4) is 0 Å². The molecule has 4 N–H and O–H groups in total. The number of aliphatic hydroxyl groups excluding tert-OH is 1. The Kier molecular flexibility index (Phi) is 5.84. The molecule has 0 bridgehead atoms. The van der Waals surface area contributed by atoms with Gasteiger partial charge in [-0.1, -0.05) is 11.6 Å². The number of furan rings is 1. The zero-order chi connectivity index (χ0) is 17.7. The van der Waals surface area contributed by atoms with Crippen molar-refractivity contribution in [1.82, 2.24) is 0 Å². The molecule has 24 heavy (non-hydrogen) atoms. The summed E-state index contributed by atoms with van der Waals surface area (Å²) in [5, 5.41) is 16.6. The Balaban J connectivity index is 2.39. The van der Waals surface area contributed by atoms with E-state index in [0.717, 1.165) is 6.07 Å². The van der Waals surface area contributed by atoms with Crippen LogP contribution in [0.25, 0.3) is 0 Å². The molecule has 0 radical (unpaired) electrons. The van der Waals surface area contributed by atoms with Crippen molar-refractivity contribution in [1.29, 1.82) is 0 Å². The average Bonchev–Trinajstić information content (AvgIpc) is 3.02. The van der Waals surface area contributed by atoms with Gasteiger partial charge in [0, 0.05) is 0 Å². The van der Waals surface area contributed by atoms with Crippen LogP contribution in [-0.2, 0) is 21.3 Å². The molecule has 0 atom stereocenters. The molecule has 0 saturated carbocycles. The summed E-state index contributed by atoms with van der Waals surface area (Å²) in [6.07, 6.45) is 1.49. The first-order valence-electron chi connectivity index (χ1n) is 6.73. The number of carbonyl (C=O) groups is 1. The normalized spacial score (nSPS) is 11.3. The fourth-order valence-electron chi connectivity index (χ4n) is 1.90. The van der Waals surface area contributed by atoms with E-state index >= 15 is 0 Å². The van der Waals surface area contributed by atoms with Crippen LogP contribution < -0.4 is 10.5 Å². The van der Waals surface area contributed by atoms with Crippen LogP contribution in [-0.4, -0.2) is 32.7 Å². The zero-order valence-electron chi connectivity index (χ0n) is 12.4. The first kappa shape index (κ1) is 18.3. The Bertz CT molecular complexity index is 820. The summed E-state index contributed by atoms with van der Waals surface area (Å²) >= 11 is 5.94. The van der Waals surface area contributed by atoms with Crippen LogP contribution in [0.2, 0.25) is 5.02 Å². The minimum Gasteiger partial charge on any atom is -0.467 e. The van der Waals surface area contributed by atoms with Crippen molar-refractivity contribution in [2.45, 2.75) is 11.4 Å². The standard InChI is InChI=1S/C14H15ClN2O6S/c15-11-7-12(17-8-9-2-1-4-22-9)10(14(19)23-5-3-18)6-13(11)24(16,20)21/h1-2,4,6-7,17-18H,3,5,8H2,(H2,16,20,21). The molecule has 0 amide bonds. The van der Waals surface area contributed by atoms with Crippen LogP contribution in [0.4, 0.5) is 5.69 Å². The minimum atomic E-state index is -4.12. The molecule has 0 fully saturated rings. The monoisotopic (exact) mass is 374 g/mol. The van der Waals surface area contributed by atoms with E-state index < -0.39 is 20.9 Å². The van der Waals surface area contributed by atoms with Gasteiger partial charge in [-0.2, -0.15) is 0 Å². The predicted octanol–water partition coefficient (Wildman–Crippen LogP) is 1.34. The summed E-state index contributed by atoms with van der Waals surface area (Å²) in [6.45, 7) is -0.362. The summed E-state index contributed by atoms with van der Waals surface area (Å²) < 4.78 is 33.1. The second-order valence-electron chi connectivity index (χ2n) is 4.67. The van der Waals surface area contributed by atoms with Crippen LogP contribution in [0.3, 0.4) is 0 Å². The number of benzene rings is 1. The number of aliphatic hydroxyl groups is 1. The summed E-state index contributed by atoms with van der Waals surface area (Å²) in [7, 11) is -4.12. The van der Waals surface area contributed by atoms with Gasteiger partial charge in [0.15, 0.2) is 0 Å². The van der Waals surface area contributed by atoms with E-state index in [2.05, 4.69) is 5.32 Å². The number of nitrogens with one attached hydrogen (secondary N) is 1. The van der Waals surface area contributed by atoms with Crippen LogP contribution in [0.1, 0.15) is 16.1 Å². The summed E-state index contributed by atoms with van der Waals surface area (Å²) in [4.78, 5) is 11.7. The molecule has 1 aromatic carbocycles. The van der Waals surface area contributed by atoms with E-state index in [0.29, 0.717) is 5.76 Å². The van der Waals surface area contributed by atoms with E-state index in [1.54, 1.807) is 12.1 Å². The van der Waals surface area contributed by atoms with Crippen molar-refractivity contribution in [3.63, 3.8) is 0 Å². The molecule has 0 saturated heterocycles. The van der Waals surface area contributed by atoms with Crippen LogP contribution in [0.5, 0.6) is 0 Å². The van der Waals surface area contributed by atoms with E-state index in [1.807, 2.05) is 0 Å². The highest BCUT2D eigenvalue weighted by Gasteiger charge is 2.21. The highest BCUT2D eigenvalue weighted by molar-refractivity contribution is 7.89. The lowest BCUT2D eigenvalue weighted by atomic mass is 10.1. The molecule has 130 valence electrons. The van der Waals surface area contributed by atoms with Gasteiger partial charge in [0.25, 0.3) is 0 Å². The maximum Gasteiger partial charge on any atom is 0.340 e. The van der Waals surface area contributed by atoms with Gasteiger partial charge < -0.3 is 19.6 Å². The molecule has 10 heteroatoms. The smallest absolute Gasteiger partial charge is 0.340 e. The number of anilines is 1. The third-order valence-corrected chi connectivity index (χ3v) is 4.33. The van der Waals surface area contributed by atoms with Crippen molar-refractivity contribution in [3.05, 3.63) is 46.9 Å². The largest absolute Gasteiger partial charge is 0.467 e. The third-order valence-electron chi connectivity index (χ3n) is 2.96. The Hall–Kier alpha value is -2.07. The first-order valence-corrected chi connectivity index (χ1v) is 8.66. The zero-order valence-corrected chi connectivity index (χ0v) is 13.9. The lowest BCUT2D eigenvalue weighted by Gasteiger charge is -2.13. The summed E-state index contributed by atoms with van der Waals surface area (Å²) in [5.74, 6) is -0.233. The number of halogens is 1. The quantitative estimate of drug-likeness (QED) is 0.623. The molecule has 0 aliphatic heterocycles. The molecule has 8 nitrogen and oxygen atoms in total. The maximum absolute atomic E-state index is 12.1. The summed E-state index contributed by atoms with van der Waals surface area (Å²) in [6, 6.07) is 5.71. The lowest BCUT2D eigenvalue weighted by Crippen LogP contribution is -2.17. The van der Waals surface area contributed by atoms with Gasteiger partial charge in [0.05, 0.1) is 35.7 Å². The summed E-state index contributed by atoms with van der Waals surface area (Å²) in [5.41, 5.74) is 0.162. The molecule has 2 rings (SSSR count). The number of primary sulfonamides is 1. The molecular formula is C14H15ClN2O6S. The number of esters is 1. The predicted molar refractivity (Wildman–Crippen MR) is 86.2 cm³/mol. The van der Waals surface area contributed by atoms with Gasteiger partial charge in [-0.25, -0.2) is 18.4 Å². The number of nitrogens with two attached hydrogens (primary N) is 1. The SMILES string of the molecule is NS(=O)(=O)c1cc(C(=O)OCCO)c(NCc2ccco2)cc1Cl. The van der Waals surface area contributed by atoms with Crippen LogP contribution in [0.15, 0.2) is 39.8 Å². The molecular weight excluding hydrogens is 360 g/mol. The van der Waals surface area contributed by atoms with E-state index in [9.17, 15) is 13.2 Å². The maximum atomic E-state index is 12.1. The van der Waals surface area contributed by atoms with E-state index in [1.165, 1.54) is 12.3 Å². The van der Waals surface area contributed by atoms with Gasteiger partial charge in [-0.05, 0) is 24.3 Å². The van der Waals surface area contributed by atoms with E-state index in [-0.39, 0.29) is 36.0 Å². The fourth-order valence-corrected chi connectivity index (χ4v) is 3.00. The number of sulfonamides is 1. The molecule has 0 aliphatic rings. The molecule has 1 aromatic heterocycles. The van der Waals surface area contributed by atoms with Crippen LogP contribution >= 0.6 is 11.6 Å². The van der Waals surface area contributed by atoms with Crippen molar-refractivity contribution in [2.24, 2.45) is 5.14 Å². The van der Waals surface area contributed by atoms with Gasteiger partial charge in [-0.3, -0.25) is 0 Å². The second kappa shape index (κ2) is 7.67. The van der Waals surface area contributed by atoms with Crippen molar-refractivity contribution in [2.75, 3.05) is 18.5 Å². The Morgan fingerprint density at radius 1 is 1.42 bits per heavy atom. The molecule has 1 heterocycles. The van der Waals surface area contributed by atoms with Crippen molar-refractivity contribution < 1.29 is 27.5 Å². The van der Waals surface area contributed by atoms with Gasteiger partial charge >= 0.3 is 5.97 Å². The van der Waals surface area contributed by atoms with Gasteiger partial charge in [0.1, 0.15) is 17.3 Å². The number of rotatable bonds is 7. The average molecular weight is 375 g/mol. The molecule has 2 aromatic rings.